The van der Waals surface area contributed by atoms with Gasteiger partial charge in [0.25, 0.3) is 0 Å². The van der Waals surface area contributed by atoms with Gasteiger partial charge in [-0.1, -0.05) is 0 Å². The van der Waals surface area contributed by atoms with E-state index in [1.807, 2.05) is 0 Å². The Labute approximate surface area is 89.1 Å². The Bertz CT molecular complexity index is 393. The number of benzene rings is 1. The Morgan fingerprint density at radius 2 is 1.12 bits per heavy atom. The lowest BCUT2D eigenvalue weighted by Crippen LogP contribution is -2.35. The molecule has 0 aromatic heterocycles. The smallest absolute Gasteiger partial charge is 0.200 e. The molecule has 0 unspecified atom stereocenters. The molecule has 0 atom stereocenters. The van der Waals surface area contributed by atoms with Gasteiger partial charge in [-0.05, 0) is 20.3 Å². The fraction of sp³-hybridized carbons (Fsp3) is 0.400. The fourth-order valence-electron chi connectivity index (χ4n) is 1.26. The lowest BCUT2D eigenvalue weighted by atomic mass is 9.95. The first-order chi connectivity index (χ1) is 7.15. The number of nitrogens with two attached hydrogens (primary N) is 1. The third kappa shape index (κ3) is 2.32. The normalized spacial score (nSPS) is 12.0. The maximum absolute atomic E-state index is 13.2. The highest BCUT2D eigenvalue weighted by Gasteiger charge is 2.28. The first kappa shape index (κ1) is 12.9. The van der Waals surface area contributed by atoms with Gasteiger partial charge < -0.3 is 5.73 Å². The molecule has 0 aliphatic heterocycles. The van der Waals surface area contributed by atoms with Crippen molar-refractivity contribution in [3.63, 3.8) is 0 Å². The second kappa shape index (κ2) is 4.01. The molecule has 0 bridgehead atoms. The van der Waals surface area contributed by atoms with Crippen LogP contribution in [0.15, 0.2) is 0 Å². The zero-order chi connectivity index (χ0) is 12.7. The van der Waals surface area contributed by atoms with Crippen molar-refractivity contribution in [3.8, 4) is 0 Å². The maximum Gasteiger partial charge on any atom is 0.200 e. The molecule has 90 valence electrons. The van der Waals surface area contributed by atoms with Crippen LogP contribution in [0.4, 0.5) is 22.0 Å². The van der Waals surface area contributed by atoms with Crippen molar-refractivity contribution >= 4 is 0 Å². The summed E-state index contributed by atoms with van der Waals surface area (Å²) in [6, 6.07) is 0. The second-order valence-corrected chi connectivity index (χ2v) is 4.21. The standard InChI is InChI=1S/C10H10F5N/c1-10(2,16)3-4-5(11)7(13)9(15)8(14)6(4)12/h3,16H2,1-2H3. The van der Waals surface area contributed by atoms with Crippen LogP contribution in [0, 0.1) is 29.1 Å². The molecular formula is C10H10F5N. The summed E-state index contributed by atoms with van der Waals surface area (Å²) in [5.41, 5.74) is 3.52. The van der Waals surface area contributed by atoms with Crippen LogP contribution in [0.3, 0.4) is 0 Å². The van der Waals surface area contributed by atoms with Crippen molar-refractivity contribution in [1.82, 2.24) is 0 Å². The van der Waals surface area contributed by atoms with Crippen LogP contribution in [0.1, 0.15) is 19.4 Å². The topological polar surface area (TPSA) is 26.0 Å². The van der Waals surface area contributed by atoms with E-state index in [0.717, 1.165) is 0 Å². The molecule has 0 heterocycles. The lowest BCUT2D eigenvalue weighted by Gasteiger charge is -2.19. The molecule has 1 aromatic rings. The van der Waals surface area contributed by atoms with Crippen molar-refractivity contribution in [1.29, 1.82) is 0 Å². The summed E-state index contributed by atoms with van der Waals surface area (Å²) >= 11 is 0. The fourth-order valence-corrected chi connectivity index (χ4v) is 1.26. The van der Waals surface area contributed by atoms with Gasteiger partial charge in [-0.2, -0.15) is 0 Å². The quantitative estimate of drug-likeness (QED) is 0.479. The molecule has 1 rings (SSSR count). The summed E-state index contributed by atoms with van der Waals surface area (Å²) < 4.78 is 64.5. The summed E-state index contributed by atoms with van der Waals surface area (Å²) in [6.07, 6.45) is -0.446. The second-order valence-electron chi connectivity index (χ2n) is 4.21. The van der Waals surface area contributed by atoms with Gasteiger partial charge in [-0.25, -0.2) is 22.0 Å². The van der Waals surface area contributed by atoms with Gasteiger partial charge in [0.05, 0.1) is 0 Å². The Balaban J connectivity index is 3.40. The molecule has 0 radical (unpaired) electrons. The van der Waals surface area contributed by atoms with Gasteiger partial charge in [-0.3, -0.25) is 0 Å². The van der Waals surface area contributed by atoms with E-state index in [4.69, 9.17) is 5.73 Å². The molecule has 1 nitrogen and oxygen atoms in total. The summed E-state index contributed by atoms with van der Waals surface area (Å²) in [7, 11) is 0. The zero-order valence-corrected chi connectivity index (χ0v) is 8.67. The molecule has 0 fully saturated rings. The van der Waals surface area contributed by atoms with Crippen molar-refractivity contribution in [2.45, 2.75) is 25.8 Å². The first-order valence-electron chi connectivity index (χ1n) is 4.44. The van der Waals surface area contributed by atoms with E-state index >= 15 is 0 Å². The summed E-state index contributed by atoms with van der Waals surface area (Å²) in [6.45, 7) is 2.84. The zero-order valence-electron chi connectivity index (χ0n) is 8.67. The summed E-state index contributed by atoms with van der Waals surface area (Å²) in [5, 5.41) is 0. The predicted molar refractivity (Wildman–Crippen MR) is 48.2 cm³/mol. The molecule has 1 aromatic carbocycles. The number of hydrogen-bond donors (Lipinski definition) is 1. The molecule has 0 spiro atoms. The van der Waals surface area contributed by atoms with E-state index in [-0.39, 0.29) is 0 Å². The monoisotopic (exact) mass is 239 g/mol. The van der Waals surface area contributed by atoms with Gasteiger partial charge in [-0.15, -0.1) is 0 Å². The minimum atomic E-state index is -2.16. The minimum Gasteiger partial charge on any atom is -0.325 e. The largest absolute Gasteiger partial charge is 0.325 e. The van der Waals surface area contributed by atoms with E-state index in [1.165, 1.54) is 13.8 Å². The van der Waals surface area contributed by atoms with Crippen LogP contribution in [0.2, 0.25) is 0 Å². The van der Waals surface area contributed by atoms with E-state index in [2.05, 4.69) is 0 Å². The predicted octanol–water partition coefficient (Wildman–Crippen LogP) is 2.66. The first-order valence-corrected chi connectivity index (χ1v) is 4.44. The van der Waals surface area contributed by atoms with Crippen LogP contribution in [-0.2, 0) is 6.42 Å². The Kier molecular flexibility index (Phi) is 3.23. The number of halogens is 5. The van der Waals surface area contributed by atoms with Crippen molar-refractivity contribution in [2.75, 3.05) is 0 Å². The van der Waals surface area contributed by atoms with Crippen LogP contribution in [0.5, 0.6) is 0 Å². The number of hydrogen-bond acceptors (Lipinski definition) is 1. The highest BCUT2D eigenvalue weighted by atomic mass is 19.2. The van der Waals surface area contributed by atoms with E-state index in [9.17, 15) is 22.0 Å². The molecule has 0 aliphatic carbocycles. The van der Waals surface area contributed by atoms with Crippen molar-refractivity contribution in [2.24, 2.45) is 5.73 Å². The van der Waals surface area contributed by atoms with Gasteiger partial charge in [0, 0.05) is 11.1 Å². The summed E-state index contributed by atoms with van der Waals surface area (Å²) in [4.78, 5) is 0. The van der Waals surface area contributed by atoms with Crippen LogP contribution < -0.4 is 5.73 Å². The van der Waals surface area contributed by atoms with Gasteiger partial charge in [0.2, 0.25) is 5.82 Å². The molecule has 0 amide bonds. The highest BCUT2D eigenvalue weighted by Crippen LogP contribution is 2.25. The molecule has 0 saturated carbocycles. The van der Waals surface area contributed by atoms with Crippen molar-refractivity contribution < 1.29 is 22.0 Å². The van der Waals surface area contributed by atoms with Gasteiger partial charge >= 0.3 is 0 Å². The van der Waals surface area contributed by atoms with Crippen LogP contribution in [-0.4, -0.2) is 5.54 Å². The molecule has 16 heavy (non-hydrogen) atoms. The Morgan fingerprint density at radius 3 is 1.44 bits per heavy atom. The molecular weight excluding hydrogens is 229 g/mol. The molecule has 0 aliphatic rings. The molecule has 6 heteroatoms. The van der Waals surface area contributed by atoms with E-state index < -0.39 is 46.6 Å². The van der Waals surface area contributed by atoms with Crippen molar-refractivity contribution in [3.05, 3.63) is 34.6 Å². The SMILES string of the molecule is CC(C)(N)Cc1c(F)c(F)c(F)c(F)c1F. The maximum atomic E-state index is 13.2. The minimum absolute atomic E-state index is 0.446. The lowest BCUT2D eigenvalue weighted by molar-refractivity contribution is 0.361. The summed E-state index contributed by atoms with van der Waals surface area (Å²) in [5.74, 6) is -9.70. The van der Waals surface area contributed by atoms with E-state index in [1.54, 1.807) is 0 Å². The van der Waals surface area contributed by atoms with E-state index in [0.29, 0.717) is 0 Å². The molecule has 0 saturated heterocycles. The van der Waals surface area contributed by atoms with Gasteiger partial charge in [0.15, 0.2) is 23.3 Å². The van der Waals surface area contributed by atoms with Gasteiger partial charge in [0.1, 0.15) is 0 Å². The Morgan fingerprint density at radius 1 is 0.812 bits per heavy atom. The Hall–Kier alpha value is -1.17. The van der Waals surface area contributed by atoms with Crippen LogP contribution in [0.25, 0.3) is 0 Å². The number of rotatable bonds is 2. The average Bonchev–Trinajstić information content (AvgIpc) is 2.17. The average molecular weight is 239 g/mol. The third-order valence-corrected chi connectivity index (χ3v) is 1.93. The van der Waals surface area contributed by atoms with Crippen LogP contribution >= 0.6 is 0 Å². The molecule has 2 N–H and O–H groups in total. The third-order valence-electron chi connectivity index (χ3n) is 1.93. The highest BCUT2D eigenvalue weighted by molar-refractivity contribution is 5.25.